The lowest BCUT2D eigenvalue weighted by Gasteiger charge is -2.32. The van der Waals surface area contributed by atoms with E-state index in [-0.39, 0.29) is 23.4 Å². The predicted octanol–water partition coefficient (Wildman–Crippen LogP) is 4.15. The topological polar surface area (TPSA) is 116 Å². The quantitative estimate of drug-likeness (QED) is 0.361. The van der Waals surface area contributed by atoms with Crippen molar-refractivity contribution in [2.45, 2.75) is 31.8 Å². The average Bonchev–Trinajstić information content (AvgIpc) is 3.61. The number of nitrogens with one attached hydrogen (secondary N) is 1. The molecule has 4 aromatic rings. The Balaban J connectivity index is 1.42. The van der Waals surface area contributed by atoms with E-state index in [4.69, 9.17) is 15.0 Å². The maximum Gasteiger partial charge on any atom is 0.294 e. The lowest BCUT2D eigenvalue weighted by molar-refractivity contribution is 0.0713. The number of carbonyl (C=O) groups excluding carboxylic acids is 2. The molecule has 2 aromatic carbocycles. The maximum absolute atomic E-state index is 14.6. The number of piperidine rings is 1. The Morgan fingerprint density at radius 1 is 1.21 bits per heavy atom. The Bertz CT molecular complexity index is 1440. The van der Waals surface area contributed by atoms with E-state index in [2.05, 4.69) is 10.5 Å². The van der Waals surface area contributed by atoms with Crippen LogP contribution in [0.1, 0.15) is 50.8 Å². The van der Waals surface area contributed by atoms with Crippen LogP contribution in [-0.2, 0) is 17.8 Å². The van der Waals surface area contributed by atoms with Gasteiger partial charge in [0.2, 0.25) is 5.76 Å². The highest BCUT2D eigenvalue weighted by atomic mass is 19.1. The molecule has 5 rings (SSSR count). The molecule has 0 atom stereocenters. The van der Waals surface area contributed by atoms with Crippen molar-refractivity contribution in [3.8, 4) is 0 Å². The third kappa shape index (κ3) is 5.05. The van der Waals surface area contributed by atoms with Crippen LogP contribution in [0.15, 0.2) is 59.4 Å². The molecule has 0 spiro atoms. The van der Waals surface area contributed by atoms with E-state index in [0.717, 1.165) is 11.1 Å². The molecule has 9 nitrogen and oxygen atoms in total. The second-order valence-corrected chi connectivity index (χ2v) is 9.39. The number of ether oxygens (including phenoxy) is 1. The number of carbonyl (C=O) groups is 2. The third-order valence-electron chi connectivity index (χ3n) is 7.10. The molecule has 1 aliphatic rings. The number of fused-ring (bicyclic) bond motifs is 1. The van der Waals surface area contributed by atoms with E-state index < -0.39 is 5.91 Å². The van der Waals surface area contributed by atoms with Gasteiger partial charge in [0.05, 0.1) is 29.6 Å². The highest BCUT2D eigenvalue weighted by Crippen LogP contribution is 2.34. The fourth-order valence-electron chi connectivity index (χ4n) is 5.11. The summed E-state index contributed by atoms with van der Waals surface area (Å²) >= 11 is 0. The molecule has 198 valence electrons. The number of nitrogens with zero attached hydrogens (tertiary/aromatic N) is 3. The molecule has 10 heteroatoms. The number of halogens is 1. The highest BCUT2D eigenvalue weighted by molar-refractivity contribution is 6.15. The first-order valence-electron chi connectivity index (χ1n) is 12.6. The zero-order valence-corrected chi connectivity index (χ0v) is 21.2. The standard InChI is InChI=1S/C28H30FN5O4/c1-37-14-13-34-17-21(26-23(3-2-4-24(26)34)32-27(35)25-7-10-31-38-25)28(36)33-11-8-19(9-12-33)20-15-18(16-30)5-6-22(20)29/h2-7,10,15,17,19H,8-9,11-14,16,30H2,1H3,(H,32,35). The Morgan fingerprint density at radius 3 is 2.74 bits per heavy atom. The summed E-state index contributed by atoms with van der Waals surface area (Å²) in [7, 11) is 1.62. The Kier molecular flexibility index (Phi) is 7.52. The number of amides is 2. The van der Waals surface area contributed by atoms with Gasteiger partial charge in [-0.25, -0.2) is 4.39 Å². The smallest absolute Gasteiger partial charge is 0.294 e. The molecule has 0 bridgehead atoms. The molecule has 1 saturated heterocycles. The number of anilines is 1. The number of hydrogen-bond donors (Lipinski definition) is 2. The van der Waals surface area contributed by atoms with Crippen molar-refractivity contribution in [3.05, 3.63) is 83.1 Å². The van der Waals surface area contributed by atoms with Crippen LogP contribution in [0.2, 0.25) is 0 Å². The summed E-state index contributed by atoms with van der Waals surface area (Å²) in [4.78, 5) is 28.3. The van der Waals surface area contributed by atoms with Crippen molar-refractivity contribution in [1.29, 1.82) is 0 Å². The van der Waals surface area contributed by atoms with Gasteiger partial charge in [0.1, 0.15) is 5.82 Å². The Labute approximate surface area is 219 Å². The van der Waals surface area contributed by atoms with Crippen LogP contribution in [-0.4, -0.2) is 53.2 Å². The van der Waals surface area contributed by atoms with Crippen molar-refractivity contribution in [1.82, 2.24) is 14.6 Å². The molecular formula is C28H30FN5O4. The van der Waals surface area contributed by atoms with Gasteiger partial charge in [-0.3, -0.25) is 9.59 Å². The van der Waals surface area contributed by atoms with Crippen LogP contribution in [0.5, 0.6) is 0 Å². The van der Waals surface area contributed by atoms with Crippen molar-refractivity contribution < 1.29 is 23.2 Å². The van der Waals surface area contributed by atoms with Gasteiger partial charge in [0.25, 0.3) is 11.8 Å². The molecule has 2 amide bonds. The first-order valence-corrected chi connectivity index (χ1v) is 12.6. The van der Waals surface area contributed by atoms with Crippen LogP contribution < -0.4 is 11.1 Å². The number of nitrogens with two attached hydrogens (primary N) is 1. The SMILES string of the molecule is COCCn1cc(C(=O)N2CCC(c3cc(CN)ccc3F)CC2)c2c(NC(=O)c3ccno3)cccc21. The summed E-state index contributed by atoms with van der Waals surface area (Å²) < 4.78 is 26.8. The van der Waals surface area contributed by atoms with Crippen molar-refractivity contribution in [2.24, 2.45) is 5.73 Å². The first kappa shape index (κ1) is 25.6. The summed E-state index contributed by atoms with van der Waals surface area (Å²) in [6, 6.07) is 12.0. The van der Waals surface area contributed by atoms with E-state index in [1.165, 1.54) is 18.3 Å². The van der Waals surface area contributed by atoms with Gasteiger partial charge in [-0.2, -0.15) is 0 Å². The van der Waals surface area contributed by atoms with E-state index in [1.807, 2.05) is 29.0 Å². The minimum absolute atomic E-state index is 0.0188. The van der Waals surface area contributed by atoms with Crippen LogP contribution in [0, 0.1) is 5.82 Å². The summed E-state index contributed by atoms with van der Waals surface area (Å²) in [6.45, 7) is 2.34. The van der Waals surface area contributed by atoms with E-state index in [9.17, 15) is 14.0 Å². The van der Waals surface area contributed by atoms with Crippen LogP contribution in [0.3, 0.4) is 0 Å². The van der Waals surface area contributed by atoms with Gasteiger partial charge in [0, 0.05) is 50.9 Å². The number of methoxy groups -OCH3 is 1. The number of benzene rings is 2. The number of hydrogen-bond acceptors (Lipinski definition) is 6. The Hall–Kier alpha value is -4.02. The predicted molar refractivity (Wildman–Crippen MR) is 140 cm³/mol. The number of aromatic nitrogens is 2. The second kappa shape index (κ2) is 11.2. The number of rotatable bonds is 8. The van der Waals surface area contributed by atoms with Crippen molar-refractivity contribution in [3.63, 3.8) is 0 Å². The maximum atomic E-state index is 14.6. The molecule has 0 saturated carbocycles. The van der Waals surface area contributed by atoms with Crippen molar-refractivity contribution in [2.75, 3.05) is 32.1 Å². The fraction of sp³-hybridized carbons (Fsp3) is 0.321. The van der Waals surface area contributed by atoms with E-state index in [1.54, 1.807) is 24.1 Å². The van der Waals surface area contributed by atoms with E-state index in [0.29, 0.717) is 67.8 Å². The molecule has 3 N–H and O–H groups in total. The minimum Gasteiger partial charge on any atom is -0.383 e. The van der Waals surface area contributed by atoms with Crippen LogP contribution >= 0.6 is 0 Å². The lowest BCUT2D eigenvalue weighted by Crippen LogP contribution is -2.38. The normalized spacial score (nSPS) is 14.2. The molecule has 0 aliphatic carbocycles. The van der Waals surface area contributed by atoms with Gasteiger partial charge in [-0.05, 0) is 48.1 Å². The van der Waals surface area contributed by atoms with Gasteiger partial charge >= 0.3 is 0 Å². The molecule has 1 aliphatic heterocycles. The largest absolute Gasteiger partial charge is 0.383 e. The molecular weight excluding hydrogens is 489 g/mol. The molecule has 2 aromatic heterocycles. The van der Waals surface area contributed by atoms with Crippen LogP contribution in [0.25, 0.3) is 10.9 Å². The summed E-state index contributed by atoms with van der Waals surface area (Å²) in [5.74, 6) is -0.741. The zero-order chi connectivity index (χ0) is 26.6. The third-order valence-corrected chi connectivity index (χ3v) is 7.10. The van der Waals surface area contributed by atoms with E-state index >= 15 is 0 Å². The molecule has 3 heterocycles. The summed E-state index contributed by atoms with van der Waals surface area (Å²) in [5, 5.41) is 7.10. The molecule has 1 fully saturated rings. The molecule has 0 unspecified atom stereocenters. The van der Waals surface area contributed by atoms with Gasteiger partial charge < -0.3 is 29.8 Å². The van der Waals surface area contributed by atoms with Gasteiger partial charge in [0.15, 0.2) is 0 Å². The number of likely N-dealkylation sites (tertiary alicyclic amines) is 1. The fourth-order valence-corrected chi connectivity index (χ4v) is 5.11. The monoisotopic (exact) mass is 519 g/mol. The van der Waals surface area contributed by atoms with Gasteiger partial charge in [-0.15, -0.1) is 0 Å². The Morgan fingerprint density at radius 2 is 2.03 bits per heavy atom. The molecule has 38 heavy (non-hydrogen) atoms. The summed E-state index contributed by atoms with van der Waals surface area (Å²) in [5.41, 5.74) is 9.09. The molecule has 0 radical (unpaired) electrons. The van der Waals surface area contributed by atoms with Crippen molar-refractivity contribution >= 4 is 28.4 Å². The minimum atomic E-state index is -0.458. The zero-order valence-electron chi connectivity index (χ0n) is 21.2. The average molecular weight is 520 g/mol. The van der Waals surface area contributed by atoms with Gasteiger partial charge in [-0.1, -0.05) is 23.4 Å². The van der Waals surface area contributed by atoms with Crippen LogP contribution in [0.4, 0.5) is 10.1 Å². The second-order valence-electron chi connectivity index (χ2n) is 9.39. The lowest BCUT2D eigenvalue weighted by atomic mass is 9.88. The first-order chi connectivity index (χ1) is 18.5. The summed E-state index contributed by atoms with van der Waals surface area (Å²) in [6.07, 6.45) is 4.50. The highest BCUT2D eigenvalue weighted by Gasteiger charge is 2.29.